The highest BCUT2D eigenvalue weighted by atomic mass is 79.9. The molecule has 2 amide bonds. The second-order valence-corrected chi connectivity index (χ2v) is 7.52. The zero-order valence-corrected chi connectivity index (χ0v) is 18.7. The first kappa shape index (κ1) is 23.3. The van der Waals surface area contributed by atoms with E-state index >= 15 is 0 Å². The molecule has 1 unspecified atom stereocenters. The van der Waals surface area contributed by atoms with Crippen LogP contribution in [0.3, 0.4) is 0 Å². The summed E-state index contributed by atoms with van der Waals surface area (Å²) in [6.07, 6.45) is -0.922. The second-order valence-electron chi connectivity index (χ2n) is 5.76. The van der Waals surface area contributed by atoms with Gasteiger partial charge in [-0.2, -0.15) is 0 Å². The number of rotatable bonds is 8. The van der Waals surface area contributed by atoms with Gasteiger partial charge in [0, 0.05) is 16.6 Å². The van der Waals surface area contributed by atoms with Crippen molar-refractivity contribution in [2.24, 2.45) is 0 Å². The topological polar surface area (TPSA) is 85.9 Å². The van der Waals surface area contributed by atoms with Crippen LogP contribution in [0.2, 0.25) is 10.0 Å². The summed E-state index contributed by atoms with van der Waals surface area (Å²) in [5, 5.41) is 0.720. The van der Waals surface area contributed by atoms with Crippen LogP contribution in [0, 0.1) is 0 Å². The van der Waals surface area contributed by atoms with Crippen LogP contribution < -0.4 is 20.3 Å². The molecule has 0 aliphatic carbocycles. The summed E-state index contributed by atoms with van der Waals surface area (Å²) >= 11 is 15.2. The Kier molecular flexibility index (Phi) is 9.03. The maximum Gasteiger partial charge on any atom is 0.279 e. The van der Waals surface area contributed by atoms with E-state index in [4.69, 9.17) is 37.4 Å². The van der Waals surface area contributed by atoms with Gasteiger partial charge in [0.2, 0.25) is 0 Å². The minimum atomic E-state index is -0.922. The number of methoxy groups -OCH3 is 1. The van der Waals surface area contributed by atoms with Crippen LogP contribution in [0.5, 0.6) is 11.5 Å². The van der Waals surface area contributed by atoms with E-state index in [0.717, 1.165) is 0 Å². The predicted molar refractivity (Wildman–Crippen MR) is 114 cm³/mol. The Hall–Kier alpha value is -2.00. The van der Waals surface area contributed by atoms with E-state index in [9.17, 15) is 9.59 Å². The number of amides is 2. The molecule has 29 heavy (non-hydrogen) atoms. The smallest absolute Gasteiger partial charge is 0.279 e. The third kappa shape index (κ3) is 7.08. The van der Waals surface area contributed by atoms with Crippen molar-refractivity contribution in [3.05, 3.63) is 56.5 Å². The van der Waals surface area contributed by atoms with Crippen molar-refractivity contribution in [2.75, 3.05) is 20.3 Å². The molecule has 0 aliphatic rings. The third-order valence-corrected chi connectivity index (χ3v) is 4.62. The Labute approximate surface area is 186 Å². The van der Waals surface area contributed by atoms with Crippen LogP contribution in [-0.4, -0.2) is 38.2 Å². The normalized spacial score (nSPS) is 11.5. The molecule has 0 fully saturated rings. The lowest BCUT2D eigenvalue weighted by molar-refractivity contribution is -0.128. The number of hydrogen-bond acceptors (Lipinski definition) is 5. The number of benzene rings is 2. The fourth-order valence-electron chi connectivity index (χ4n) is 2.14. The lowest BCUT2D eigenvalue weighted by atomic mass is 10.2. The quantitative estimate of drug-likeness (QED) is 0.418. The lowest BCUT2D eigenvalue weighted by Crippen LogP contribution is -2.47. The molecular formula is C19H19BrCl2N2O5. The molecule has 156 valence electrons. The van der Waals surface area contributed by atoms with Crippen molar-refractivity contribution < 1.29 is 23.8 Å². The highest BCUT2D eigenvalue weighted by molar-refractivity contribution is 9.10. The van der Waals surface area contributed by atoms with E-state index in [1.807, 2.05) is 0 Å². The van der Waals surface area contributed by atoms with Gasteiger partial charge in [-0.3, -0.25) is 20.4 Å². The van der Waals surface area contributed by atoms with Crippen LogP contribution in [0.25, 0.3) is 0 Å². The molecule has 2 aromatic rings. The minimum absolute atomic E-state index is 0.241. The Morgan fingerprint density at radius 1 is 1.07 bits per heavy atom. The molecule has 0 saturated carbocycles. The number of ether oxygens (including phenoxy) is 3. The summed E-state index contributed by atoms with van der Waals surface area (Å²) in [5.74, 6) is -0.467. The fraction of sp³-hybridized carbons (Fsp3) is 0.263. The molecule has 0 heterocycles. The van der Waals surface area contributed by atoms with Crippen molar-refractivity contribution in [2.45, 2.75) is 13.0 Å². The van der Waals surface area contributed by atoms with Crippen LogP contribution in [-0.2, 0) is 9.53 Å². The molecule has 2 rings (SSSR count). The minimum Gasteiger partial charge on any atom is -0.490 e. The number of nitrogens with one attached hydrogen (secondary N) is 2. The van der Waals surface area contributed by atoms with E-state index in [0.29, 0.717) is 27.6 Å². The van der Waals surface area contributed by atoms with Crippen LogP contribution >= 0.6 is 39.1 Å². The maximum atomic E-state index is 12.5. The van der Waals surface area contributed by atoms with Crippen molar-refractivity contribution in [3.63, 3.8) is 0 Å². The molecule has 10 heteroatoms. The lowest BCUT2D eigenvalue weighted by Gasteiger charge is -2.17. The number of carbonyl (C=O) groups excluding carboxylic acids is 2. The third-order valence-electron chi connectivity index (χ3n) is 3.60. The summed E-state index contributed by atoms with van der Waals surface area (Å²) in [4.78, 5) is 24.7. The molecule has 7 nitrogen and oxygen atoms in total. The summed E-state index contributed by atoms with van der Waals surface area (Å²) < 4.78 is 16.7. The number of hydrazine groups is 1. The van der Waals surface area contributed by atoms with E-state index in [-0.39, 0.29) is 17.2 Å². The Balaban J connectivity index is 1.97. The van der Waals surface area contributed by atoms with Crippen molar-refractivity contribution in [3.8, 4) is 11.5 Å². The molecule has 2 N–H and O–H groups in total. The van der Waals surface area contributed by atoms with Gasteiger partial charge in [0.15, 0.2) is 6.10 Å². The second kappa shape index (κ2) is 11.3. The van der Waals surface area contributed by atoms with Gasteiger partial charge in [-0.1, -0.05) is 39.1 Å². The Morgan fingerprint density at radius 3 is 2.48 bits per heavy atom. The van der Waals surface area contributed by atoms with Crippen molar-refractivity contribution >= 4 is 50.9 Å². The SMILES string of the molecule is COCCOc1ccc(Br)cc1C(=O)NNC(=O)C(C)Oc1ccc(Cl)cc1Cl. The fourth-order valence-corrected chi connectivity index (χ4v) is 2.96. The van der Waals surface area contributed by atoms with Gasteiger partial charge >= 0.3 is 0 Å². The molecule has 2 aromatic carbocycles. The summed E-state index contributed by atoms with van der Waals surface area (Å²) in [6.45, 7) is 2.16. The molecule has 1 atom stereocenters. The largest absolute Gasteiger partial charge is 0.490 e. The van der Waals surface area contributed by atoms with Gasteiger partial charge < -0.3 is 14.2 Å². The molecule has 0 saturated heterocycles. The van der Waals surface area contributed by atoms with E-state index < -0.39 is 17.9 Å². The number of hydrogen-bond donors (Lipinski definition) is 2. The first-order chi connectivity index (χ1) is 13.8. The van der Waals surface area contributed by atoms with Gasteiger partial charge in [0.05, 0.1) is 17.2 Å². The summed E-state index contributed by atoms with van der Waals surface area (Å²) in [5.41, 5.74) is 4.90. The monoisotopic (exact) mass is 504 g/mol. The predicted octanol–water partition coefficient (Wildman–Crippen LogP) is 4.01. The van der Waals surface area contributed by atoms with E-state index in [1.165, 1.54) is 13.0 Å². The van der Waals surface area contributed by atoms with Crippen LogP contribution in [0.15, 0.2) is 40.9 Å². The molecule has 0 bridgehead atoms. The summed E-state index contributed by atoms with van der Waals surface area (Å²) in [6, 6.07) is 9.61. The van der Waals surface area contributed by atoms with Crippen molar-refractivity contribution in [1.82, 2.24) is 10.9 Å². The Morgan fingerprint density at radius 2 is 1.79 bits per heavy atom. The highest BCUT2D eigenvalue weighted by Crippen LogP contribution is 2.28. The zero-order chi connectivity index (χ0) is 21.4. The average molecular weight is 506 g/mol. The van der Waals surface area contributed by atoms with E-state index in [1.54, 1.807) is 37.4 Å². The molecule has 0 aliphatic heterocycles. The number of halogens is 3. The van der Waals surface area contributed by atoms with Gasteiger partial charge in [-0.25, -0.2) is 0 Å². The van der Waals surface area contributed by atoms with Gasteiger partial charge in [0.25, 0.3) is 11.8 Å². The molecule has 0 aromatic heterocycles. The van der Waals surface area contributed by atoms with Gasteiger partial charge in [-0.05, 0) is 43.3 Å². The van der Waals surface area contributed by atoms with Gasteiger partial charge in [0.1, 0.15) is 18.1 Å². The number of carbonyl (C=O) groups is 2. The first-order valence-corrected chi connectivity index (χ1v) is 10.00. The molecule has 0 radical (unpaired) electrons. The van der Waals surface area contributed by atoms with Crippen molar-refractivity contribution in [1.29, 1.82) is 0 Å². The van der Waals surface area contributed by atoms with Crippen LogP contribution in [0.1, 0.15) is 17.3 Å². The first-order valence-electron chi connectivity index (χ1n) is 8.45. The standard InChI is InChI=1S/C19H19BrCl2N2O5/c1-11(29-17-6-4-13(21)10-15(17)22)18(25)23-24-19(26)14-9-12(20)3-5-16(14)28-8-7-27-2/h3-6,9-11H,7-8H2,1-2H3,(H,23,25)(H,24,26). The van der Waals surface area contributed by atoms with Crippen LogP contribution in [0.4, 0.5) is 0 Å². The average Bonchev–Trinajstić information content (AvgIpc) is 2.69. The van der Waals surface area contributed by atoms with E-state index in [2.05, 4.69) is 26.8 Å². The summed E-state index contributed by atoms with van der Waals surface area (Å²) in [7, 11) is 1.55. The molecular weight excluding hydrogens is 487 g/mol. The Bertz CT molecular complexity index is 882. The highest BCUT2D eigenvalue weighted by Gasteiger charge is 2.19. The zero-order valence-electron chi connectivity index (χ0n) is 15.6. The molecule has 0 spiro atoms. The van der Waals surface area contributed by atoms with Gasteiger partial charge in [-0.15, -0.1) is 0 Å². The maximum absolute atomic E-state index is 12.5.